The van der Waals surface area contributed by atoms with Gasteiger partial charge < -0.3 is 10.2 Å². The van der Waals surface area contributed by atoms with Gasteiger partial charge >= 0.3 is 5.76 Å². The van der Waals surface area contributed by atoms with Crippen LogP contribution in [-0.4, -0.2) is 45.3 Å². The maximum Gasteiger partial charge on any atom is 0.341 e. The number of sulfone groups is 1. The molecule has 7 heteroatoms. The second kappa shape index (κ2) is 7.70. The van der Waals surface area contributed by atoms with Crippen molar-refractivity contribution in [2.75, 3.05) is 25.5 Å². The van der Waals surface area contributed by atoms with E-state index in [9.17, 15) is 17.2 Å². The van der Waals surface area contributed by atoms with Crippen LogP contribution >= 0.6 is 0 Å². The first-order valence-corrected chi connectivity index (χ1v) is 8.40. The SMILES string of the molecule is CCC(C)N(C)CCNc1ccccc1S(=O)(=O)C(F)F. The Bertz CT molecular complexity index is 550. The van der Waals surface area contributed by atoms with Crippen molar-refractivity contribution in [1.29, 1.82) is 0 Å². The molecule has 0 aliphatic carbocycles. The summed E-state index contributed by atoms with van der Waals surface area (Å²) >= 11 is 0. The van der Waals surface area contributed by atoms with E-state index in [-0.39, 0.29) is 10.6 Å². The first kappa shape index (κ1) is 17.8. The molecule has 1 unspecified atom stereocenters. The Hall–Kier alpha value is -1.21. The molecule has 0 amide bonds. The zero-order valence-corrected chi connectivity index (χ0v) is 13.3. The number of para-hydroxylation sites is 1. The van der Waals surface area contributed by atoms with E-state index in [0.29, 0.717) is 19.1 Å². The number of alkyl halides is 2. The largest absolute Gasteiger partial charge is 0.383 e. The maximum absolute atomic E-state index is 12.7. The molecule has 0 saturated heterocycles. The van der Waals surface area contributed by atoms with Crippen LogP contribution in [0.2, 0.25) is 0 Å². The third-order valence-electron chi connectivity index (χ3n) is 3.55. The molecule has 120 valence electrons. The van der Waals surface area contributed by atoms with Gasteiger partial charge in [-0.1, -0.05) is 19.1 Å². The van der Waals surface area contributed by atoms with Gasteiger partial charge in [-0.3, -0.25) is 0 Å². The van der Waals surface area contributed by atoms with Crippen LogP contribution in [-0.2, 0) is 9.84 Å². The van der Waals surface area contributed by atoms with Crippen molar-refractivity contribution in [3.8, 4) is 0 Å². The van der Waals surface area contributed by atoms with E-state index < -0.39 is 15.6 Å². The molecule has 0 saturated carbocycles. The first-order chi connectivity index (χ1) is 9.80. The van der Waals surface area contributed by atoms with Crippen LogP contribution in [0.25, 0.3) is 0 Å². The van der Waals surface area contributed by atoms with Crippen molar-refractivity contribution in [2.45, 2.75) is 37.0 Å². The predicted molar refractivity (Wildman–Crippen MR) is 80.5 cm³/mol. The third kappa shape index (κ3) is 4.64. The molecule has 1 rings (SSSR count). The van der Waals surface area contributed by atoms with E-state index in [1.54, 1.807) is 6.07 Å². The zero-order chi connectivity index (χ0) is 16.0. The van der Waals surface area contributed by atoms with E-state index >= 15 is 0 Å². The molecule has 1 aromatic rings. The molecule has 0 fully saturated rings. The molecular formula is C14H22F2N2O2S. The molecule has 1 atom stereocenters. The van der Waals surface area contributed by atoms with Gasteiger partial charge in [-0.15, -0.1) is 0 Å². The molecule has 1 N–H and O–H groups in total. The lowest BCUT2D eigenvalue weighted by atomic mass is 10.2. The molecule has 0 aliphatic heterocycles. The highest BCUT2D eigenvalue weighted by Gasteiger charge is 2.28. The van der Waals surface area contributed by atoms with Crippen LogP contribution in [0.15, 0.2) is 29.2 Å². The average Bonchev–Trinajstić information content (AvgIpc) is 2.46. The highest BCUT2D eigenvalue weighted by molar-refractivity contribution is 7.91. The molecule has 0 aliphatic rings. The molecule has 0 bridgehead atoms. The number of rotatable bonds is 8. The van der Waals surface area contributed by atoms with Crippen LogP contribution in [0.4, 0.5) is 14.5 Å². The van der Waals surface area contributed by atoms with Gasteiger partial charge in [0.1, 0.15) is 0 Å². The van der Waals surface area contributed by atoms with Crippen molar-refractivity contribution < 1.29 is 17.2 Å². The first-order valence-electron chi connectivity index (χ1n) is 6.85. The Morgan fingerprint density at radius 2 is 1.90 bits per heavy atom. The van der Waals surface area contributed by atoms with Crippen LogP contribution in [0, 0.1) is 0 Å². The average molecular weight is 320 g/mol. The van der Waals surface area contributed by atoms with Crippen molar-refractivity contribution in [1.82, 2.24) is 4.90 Å². The summed E-state index contributed by atoms with van der Waals surface area (Å²) in [6, 6.07) is 6.16. The standard InChI is InChI=1S/C14H22F2N2O2S/c1-4-11(2)18(3)10-9-17-12-7-5-6-8-13(12)21(19,20)14(15)16/h5-8,11,14,17H,4,9-10H2,1-3H3. The smallest absolute Gasteiger partial charge is 0.341 e. The van der Waals surface area contributed by atoms with E-state index in [4.69, 9.17) is 0 Å². The van der Waals surface area contributed by atoms with Gasteiger partial charge in [-0.05, 0) is 32.5 Å². The molecule has 0 radical (unpaired) electrons. The van der Waals surface area contributed by atoms with E-state index in [1.165, 1.54) is 18.2 Å². The number of nitrogens with zero attached hydrogens (tertiary/aromatic N) is 1. The lowest BCUT2D eigenvalue weighted by molar-refractivity contribution is 0.235. The lowest BCUT2D eigenvalue weighted by Gasteiger charge is -2.24. The van der Waals surface area contributed by atoms with Gasteiger partial charge in [0, 0.05) is 19.1 Å². The number of anilines is 1. The molecular weight excluding hydrogens is 298 g/mol. The Kier molecular flexibility index (Phi) is 6.54. The summed E-state index contributed by atoms with van der Waals surface area (Å²) in [6.45, 7) is 5.35. The van der Waals surface area contributed by atoms with Crippen molar-refractivity contribution in [3.63, 3.8) is 0 Å². The van der Waals surface area contributed by atoms with E-state index in [1.807, 2.05) is 7.05 Å². The van der Waals surface area contributed by atoms with Crippen molar-refractivity contribution in [2.24, 2.45) is 0 Å². The minimum atomic E-state index is -4.59. The Balaban J connectivity index is 2.78. The van der Waals surface area contributed by atoms with E-state index in [0.717, 1.165) is 6.42 Å². The second-order valence-electron chi connectivity index (χ2n) is 4.97. The summed E-state index contributed by atoms with van der Waals surface area (Å²) < 4.78 is 48.5. The molecule has 1 aromatic carbocycles. The van der Waals surface area contributed by atoms with Gasteiger partial charge in [-0.25, -0.2) is 8.42 Å². The van der Waals surface area contributed by atoms with Gasteiger partial charge in [0.2, 0.25) is 9.84 Å². The normalized spacial score (nSPS) is 13.7. The van der Waals surface area contributed by atoms with E-state index in [2.05, 4.69) is 24.1 Å². The van der Waals surface area contributed by atoms with Crippen LogP contribution < -0.4 is 5.32 Å². The zero-order valence-electron chi connectivity index (χ0n) is 12.5. The number of likely N-dealkylation sites (N-methyl/N-ethyl adjacent to an activating group) is 1. The Morgan fingerprint density at radius 3 is 2.48 bits per heavy atom. The molecule has 21 heavy (non-hydrogen) atoms. The fraction of sp³-hybridized carbons (Fsp3) is 0.571. The quantitative estimate of drug-likeness (QED) is 0.800. The minimum absolute atomic E-state index is 0.218. The topological polar surface area (TPSA) is 49.4 Å². The molecule has 4 nitrogen and oxygen atoms in total. The molecule has 0 spiro atoms. The molecule has 0 heterocycles. The number of hydrogen-bond acceptors (Lipinski definition) is 4. The summed E-state index contributed by atoms with van der Waals surface area (Å²) in [5, 5.41) is 2.93. The fourth-order valence-electron chi connectivity index (χ4n) is 1.86. The Labute approximate surface area is 125 Å². The maximum atomic E-state index is 12.7. The monoisotopic (exact) mass is 320 g/mol. The highest BCUT2D eigenvalue weighted by Crippen LogP contribution is 2.25. The fourth-order valence-corrected chi connectivity index (χ4v) is 2.76. The highest BCUT2D eigenvalue weighted by atomic mass is 32.2. The predicted octanol–water partition coefficient (Wildman–Crippen LogP) is 2.83. The summed E-state index contributed by atoms with van der Waals surface area (Å²) in [7, 11) is -2.62. The Morgan fingerprint density at radius 1 is 1.29 bits per heavy atom. The van der Waals surface area contributed by atoms with Gasteiger partial charge in [0.15, 0.2) is 0 Å². The summed E-state index contributed by atoms with van der Waals surface area (Å²) in [6.07, 6.45) is 1.01. The summed E-state index contributed by atoms with van der Waals surface area (Å²) in [5.74, 6) is -3.41. The van der Waals surface area contributed by atoms with Crippen molar-refractivity contribution >= 4 is 15.5 Å². The minimum Gasteiger partial charge on any atom is -0.383 e. The number of hydrogen-bond donors (Lipinski definition) is 1. The number of halogens is 2. The second-order valence-corrected chi connectivity index (χ2v) is 6.85. The van der Waals surface area contributed by atoms with Crippen LogP contribution in [0.3, 0.4) is 0 Å². The number of nitrogens with one attached hydrogen (secondary N) is 1. The van der Waals surface area contributed by atoms with Gasteiger partial charge in [-0.2, -0.15) is 8.78 Å². The lowest BCUT2D eigenvalue weighted by Crippen LogP contribution is -2.32. The van der Waals surface area contributed by atoms with Gasteiger partial charge in [0.05, 0.1) is 10.6 Å². The number of benzene rings is 1. The van der Waals surface area contributed by atoms with Crippen LogP contribution in [0.1, 0.15) is 20.3 Å². The summed E-state index contributed by atoms with van der Waals surface area (Å²) in [4.78, 5) is 1.77. The molecule has 0 aromatic heterocycles. The van der Waals surface area contributed by atoms with Crippen LogP contribution in [0.5, 0.6) is 0 Å². The third-order valence-corrected chi connectivity index (χ3v) is 4.99. The van der Waals surface area contributed by atoms with Crippen molar-refractivity contribution in [3.05, 3.63) is 24.3 Å². The summed E-state index contributed by atoms with van der Waals surface area (Å²) in [5.41, 5.74) is 0.218. The van der Waals surface area contributed by atoms with Gasteiger partial charge in [0.25, 0.3) is 0 Å².